The number of nitrogens with zero attached hydrogens (tertiary/aromatic N) is 1. The van der Waals surface area contributed by atoms with Crippen molar-refractivity contribution >= 4 is 11.6 Å². The summed E-state index contributed by atoms with van der Waals surface area (Å²) >= 11 is 0. The number of para-hydroxylation sites is 1. The quantitative estimate of drug-likeness (QED) is 0.870. The molecule has 1 N–H and O–H groups in total. The van der Waals surface area contributed by atoms with Crippen LogP contribution in [0.3, 0.4) is 0 Å². The Morgan fingerprint density at radius 2 is 1.57 bits per heavy atom. The van der Waals surface area contributed by atoms with Crippen LogP contribution in [0.5, 0.6) is 0 Å². The van der Waals surface area contributed by atoms with E-state index >= 15 is 0 Å². The fourth-order valence-corrected chi connectivity index (χ4v) is 3.36. The van der Waals surface area contributed by atoms with E-state index in [0.717, 1.165) is 26.1 Å². The predicted octanol–water partition coefficient (Wildman–Crippen LogP) is 2.81. The Bertz CT molecular complexity index is 670. The molecular weight excluding hydrogens is 260 g/mol. The van der Waals surface area contributed by atoms with E-state index in [2.05, 4.69) is 29.6 Å². The van der Waals surface area contributed by atoms with Crippen LogP contribution in [-0.2, 0) is 24.3 Å². The Labute approximate surface area is 124 Å². The first-order chi connectivity index (χ1) is 10.3. The SMILES string of the molecule is O=C(C1CNc2ccccc2C1)N1Cc2ccccc2C1. The molecule has 1 amide bonds. The Morgan fingerprint density at radius 3 is 2.29 bits per heavy atom. The van der Waals surface area contributed by atoms with E-state index in [0.29, 0.717) is 0 Å². The number of rotatable bonds is 1. The van der Waals surface area contributed by atoms with E-state index in [1.54, 1.807) is 0 Å². The molecule has 106 valence electrons. The molecular formula is C18H18N2O. The lowest BCUT2D eigenvalue weighted by Gasteiger charge is -2.28. The summed E-state index contributed by atoms with van der Waals surface area (Å²) in [6.45, 7) is 2.25. The van der Waals surface area contributed by atoms with Crippen LogP contribution in [0.1, 0.15) is 16.7 Å². The highest BCUT2D eigenvalue weighted by Gasteiger charge is 2.31. The van der Waals surface area contributed by atoms with Crippen molar-refractivity contribution in [2.45, 2.75) is 19.5 Å². The maximum Gasteiger partial charge on any atom is 0.228 e. The van der Waals surface area contributed by atoms with Crippen molar-refractivity contribution in [2.75, 3.05) is 11.9 Å². The van der Waals surface area contributed by atoms with E-state index in [-0.39, 0.29) is 11.8 Å². The fourth-order valence-electron chi connectivity index (χ4n) is 3.36. The highest BCUT2D eigenvalue weighted by Crippen LogP contribution is 2.28. The first kappa shape index (κ1) is 12.5. The Morgan fingerprint density at radius 1 is 0.952 bits per heavy atom. The molecule has 0 aliphatic carbocycles. The molecule has 2 aromatic carbocycles. The van der Waals surface area contributed by atoms with Crippen molar-refractivity contribution in [2.24, 2.45) is 5.92 Å². The smallest absolute Gasteiger partial charge is 0.228 e. The second-order valence-corrected chi connectivity index (χ2v) is 5.90. The van der Waals surface area contributed by atoms with Gasteiger partial charge < -0.3 is 10.2 Å². The van der Waals surface area contributed by atoms with Crippen LogP contribution in [0.2, 0.25) is 0 Å². The van der Waals surface area contributed by atoms with Gasteiger partial charge in [0, 0.05) is 25.3 Å². The number of benzene rings is 2. The third kappa shape index (κ3) is 2.19. The molecule has 0 saturated heterocycles. The van der Waals surface area contributed by atoms with Crippen molar-refractivity contribution in [3.63, 3.8) is 0 Å². The molecule has 2 aromatic rings. The van der Waals surface area contributed by atoms with E-state index in [4.69, 9.17) is 0 Å². The lowest BCUT2D eigenvalue weighted by atomic mass is 9.93. The minimum Gasteiger partial charge on any atom is -0.384 e. The maximum absolute atomic E-state index is 12.8. The summed E-state index contributed by atoms with van der Waals surface area (Å²) in [6.07, 6.45) is 0.842. The number of hydrogen-bond acceptors (Lipinski definition) is 2. The number of carbonyl (C=O) groups excluding carboxylic acids is 1. The largest absolute Gasteiger partial charge is 0.384 e. The molecule has 2 aliphatic heterocycles. The monoisotopic (exact) mass is 278 g/mol. The van der Waals surface area contributed by atoms with Gasteiger partial charge in [0.05, 0.1) is 5.92 Å². The summed E-state index contributed by atoms with van der Waals surface area (Å²) < 4.78 is 0. The van der Waals surface area contributed by atoms with Crippen LogP contribution in [0.4, 0.5) is 5.69 Å². The molecule has 0 bridgehead atoms. The van der Waals surface area contributed by atoms with Crippen molar-refractivity contribution in [3.05, 3.63) is 65.2 Å². The molecule has 4 rings (SSSR count). The zero-order valence-corrected chi connectivity index (χ0v) is 11.9. The van der Waals surface area contributed by atoms with Gasteiger partial charge in [0.1, 0.15) is 0 Å². The van der Waals surface area contributed by atoms with Gasteiger partial charge in [0.25, 0.3) is 0 Å². The Kier molecular flexibility index (Phi) is 2.92. The van der Waals surface area contributed by atoms with Crippen LogP contribution in [0.15, 0.2) is 48.5 Å². The van der Waals surface area contributed by atoms with Gasteiger partial charge in [0.15, 0.2) is 0 Å². The van der Waals surface area contributed by atoms with Crippen LogP contribution >= 0.6 is 0 Å². The molecule has 0 aromatic heterocycles. The molecule has 0 radical (unpaired) electrons. The molecule has 1 atom stereocenters. The van der Waals surface area contributed by atoms with Crippen molar-refractivity contribution in [3.8, 4) is 0 Å². The Hall–Kier alpha value is -2.29. The highest BCUT2D eigenvalue weighted by atomic mass is 16.2. The number of carbonyl (C=O) groups is 1. The average molecular weight is 278 g/mol. The van der Waals surface area contributed by atoms with Crippen molar-refractivity contribution < 1.29 is 4.79 Å². The van der Waals surface area contributed by atoms with Gasteiger partial charge in [-0.25, -0.2) is 0 Å². The van der Waals surface area contributed by atoms with Gasteiger partial charge in [-0.15, -0.1) is 0 Å². The average Bonchev–Trinajstić information content (AvgIpc) is 2.97. The normalized spacial score (nSPS) is 19.6. The minimum atomic E-state index is 0.0502. The first-order valence-electron chi connectivity index (χ1n) is 7.48. The summed E-state index contributed by atoms with van der Waals surface area (Å²) in [6, 6.07) is 16.6. The van der Waals surface area contributed by atoms with Gasteiger partial charge in [-0.2, -0.15) is 0 Å². The van der Waals surface area contributed by atoms with Crippen LogP contribution < -0.4 is 5.32 Å². The summed E-state index contributed by atoms with van der Waals surface area (Å²) in [5, 5.41) is 3.39. The van der Waals surface area contributed by atoms with Crippen LogP contribution in [-0.4, -0.2) is 17.4 Å². The lowest BCUT2D eigenvalue weighted by molar-refractivity contribution is -0.135. The molecule has 3 heteroatoms. The highest BCUT2D eigenvalue weighted by molar-refractivity contribution is 5.81. The number of anilines is 1. The summed E-state index contributed by atoms with van der Waals surface area (Å²) in [5.74, 6) is 0.322. The molecule has 0 fully saturated rings. The van der Waals surface area contributed by atoms with Gasteiger partial charge >= 0.3 is 0 Å². The second-order valence-electron chi connectivity index (χ2n) is 5.90. The molecule has 0 spiro atoms. The zero-order chi connectivity index (χ0) is 14.2. The maximum atomic E-state index is 12.8. The second kappa shape index (κ2) is 4.92. The molecule has 0 saturated carbocycles. The molecule has 2 heterocycles. The van der Waals surface area contributed by atoms with Crippen molar-refractivity contribution in [1.82, 2.24) is 4.90 Å². The zero-order valence-electron chi connectivity index (χ0n) is 11.9. The standard InChI is InChI=1S/C18H18N2O/c21-18(20-11-14-6-1-2-7-15(14)12-20)16-9-13-5-3-4-8-17(13)19-10-16/h1-8,16,19H,9-12H2. The summed E-state index contributed by atoms with van der Waals surface area (Å²) in [4.78, 5) is 14.8. The number of fused-ring (bicyclic) bond motifs is 2. The number of amides is 1. The van der Waals surface area contributed by atoms with Gasteiger partial charge in [-0.05, 0) is 29.2 Å². The predicted molar refractivity (Wildman–Crippen MR) is 82.8 cm³/mol. The van der Waals surface area contributed by atoms with Gasteiger partial charge in [-0.1, -0.05) is 42.5 Å². The van der Waals surface area contributed by atoms with E-state index in [9.17, 15) is 4.79 Å². The van der Waals surface area contributed by atoms with Crippen LogP contribution in [0.25, 0.3) is 0 Å². The van der Waals surface area contributed by atoms with Crippen LogP contribution in [0, 0.1) is 5.92 Å². The van der Waals surface area contributed by atoms with Gasteiger partial charge in [-0.3, -0.25) is 4.79 Å². The topological polar surface area (TPSA) is 32.3 Å². The van der Waals surface area contributed by atoms with E-state index < -0.39 is 0 Å². The summed E-state index contributed by atoms with van der Waals surface area (Å²) in [5.41, 5.74) is 5.00. The molecule has 1 unspecified atom stereocenters. The van der Waals surface area contributed by atoms with E-state index in [1.165, 1.54) is 22.4 Å². The summed E-state index contributed by atoms with van der Waals surface area (Å²) in [7, 11) is 0. The number of nitrogens with one attached hydrogen (secondary N) is 1. The third-order valence-corrected chi connectivity index (χ3v) is 4.52. The fraction of sp³-hybridized carbons (Fsp3) is 0.278. The first-order valence-corrected chi connectivity index (χ1v) is 7.48. The number of hydrogen-bond donors (Lipinski definition) is 1. The minimum absolute atomic E-state index is 0.0502. The lowest BCUT2D eigenvalue weighted by Crippen LogP contribution is -2.38. The Balaban J connectivity index is 1.50. The van der Waals surface area contributed by atoms with Gasteiger partial charge in [0.2, 0.25) is 5.91 Å². The molecule has 21 heavy (non-hydrogen) atoms. The van der Waals surface area contributed by atoms with Crippen molar-refractivity contribution in [1.29, 1.82) is 0 Å². The third-order valence-electron chi connectivity index (χ3n) is 4.52. The van der Waals surface area contributed by atoms with E-state index in [1.807, 2.05) is 29.2 Å². The molecule has 3 nitrogen and oxygen atoms in total. The molecule has 2 aliphatic rings.